The molecule has 1 amide bonds. The van der Waals surface area contributed by atoms with E-state index in [1.54, 1.807) is 25.4 Å². The molecule has 1 aliphatic heterocycles. The summed E-state index contributed by atoms with van der Waals surface area (Å²) < 4.78 is 0. The first kappa shape index (κ1) is 19.0. The second-order valence-corrected chi connectivity index (χ2v) is 7.16. The summed E-state index contributed by atoms with van der Waals surface area (Å²) in [5.41, 5.74) is 3.89. The number of carbonyl (C=O) groups excluding carboxylic acids is 1. The minimum absolute atomic E-state index is 0.00411. The van der Waals surface area contributed by atoms with E-state index in [0.29, 0.717) is 23.6 Å². The van der Waals surface area contributed by atoms with Crippen molar-refractivity contribution in [1.82, 2.24) is 25.6 Å². The molecular formula is C22H23N5O2. The maximum absolute atomic E-state index is 12.5. The van der Waals surface area contributed by atoms with Gasteiger partial charge in [-0.15, -0.1) is 0 Å². The summed E-state index contributed by atoms with van der Waals surface area (Å²) in [4.78, 5) is 36.3. The normalized spacial score (nSPS) is 15.6. The number of hydrogen-bond donors (Lipinski definition) is 3. The highest BCUT2D eigenvalue weighted by Crippen LogP contribution is 2.21. The van der Waals surface area contributed by atoms with Gasteiger partial charge in [-0.2, -0.15) is 0 Å². The number of nitrogens with zero attached hydrogens (tertiary/aromatic N) is 2. The van der Waals surface area contributed by atoms with Crippen LogP contribution in [0.25, 0.3) is 11.4 Å². The average Bonchev–Trinajstić information content (AvgIpc) is 2.75. The Morgan fingerprint density at radius 1 is 1.24 bits per heavy atom. The van der Waals surface area contributed by atoms with Gasteiger partial charge in [0.15, 0.2) is 0 Å². The standard InChI is InChI=1S/C22H23N5O2/c1-14-18(22(29)27-21(26-14)16-6-4-9-23-12-16)11-20(28)25-13-19-17-7-3-2-5-15(17)8-10-24-19/h2-7,9,12,19,24H,8,10-11,13H2,1H3,(H,25,28)(H,26,27,29). The molecule has 0 saturated heterocycles. The molecule has 4 rings (SSSR count). The molecule has 1 atom stereocenters. The van der Waals surface area contributed by atoms with E-state index in [1.165, 1.54) is 11.1 Å². The molecule has 0 radical (unpaired) electrons. The van der Waals surface area contributed by atoms with Crippen LogP contribution in [-0.4, -0.2) is 33.9 Å². The fourth-order valence-corrected chi connectivity index (χ4v) is 3.67. The maximum atomic E-state index is 12.5. The first-order chi connectivity index (χ1) is 14.1. The molecule has 7 heteroatoms. The monoisotopic (exact) mass is 389 g/mol. The molecular weight excluding hydrogens is 366 g/mol. The topological polar surface area (TPSA) is 99.8 Å². The van der Waals surface area contributed by atoms with E-state index < -0.39 is 0 Å². The minimum atomic E-state index is -0.298. The first-order valence-corrected chi connectivity index (χ1v) is 9.70. The summed E-state index contributed by atoms with van der Waals surface area (Å²) in [5.74, 6) is 0.257. The zero-order valence-electron chi connectivity index (χ0n) is 16.2. The van der Waals surface area contributed by atoms with Gasteiger partial charge >= 0.3 is 0 Å². The first-order valence-electron chi connectivity index (χ1n) is 9.70. The van der Waals surface area contributed by atoms with Crippen molar-refractivity contribution in [3.63, 3.8) is 0 Å². The Balaban J connectivity index is 1.44. The van der Waals surface area contributed by atoms with E-state index in [2.05, 4.69) is 37.7 Å². The number of aryl methyl sites for hydroxylation is 1. The van der Waals surface area contributed by atoms with Crippen LogP contribution in [0.5, 0.6) is 0 Å². The van der Waals surface area contributed by atoms with Crippen LogP contribution < -0.4 is 16.2 Å². The van der Waals surface area contributed by atoms with Crippen LogP contribution >= 0.6 is 0 Å². The molecule has 1 aliphatic rings. The number of aromatic nitrogens is 3. The quantitative estimate of drug-likeness (QED) is 0.617. The molecule has 1 aromatic carbocycles. The number of pyridine rings is 1. The Morgan fingerprint density at radius 2 is 2.10 bits per heavy atom. The highest BCUT2D eigenvalue weighted by Gasteiger charge is 2.20. The molecule has 2 aromatic heterocycles. The summed E-state index contributed by atoms with van der Waals surface area (Å²) in [6.45, 7) is 3.11. The number of carbonyl (C=O) groups is 1. The highest BCUT2D eigenvalue weighted by atomic mass is 16.2. The predicted molar refractivity (Wildman–Crippen MR) is 110 cm³/mol. The van der Waals surface area contributed by atoms with Crippen LogP contribution in [0.15, 0.2) is 53.6 Å². The van der Waals surface area contributed by atoms with E-state index in [-0.39, 0.29) is 23.9 Å². The Morgan fingerprint density at radius 3 is 2.90 bits per heavy atom. The predicted octanol–water partition coefficient (Wildman–Crippen LogP) is 1.69. The SMILES string of the molecule is Cc1nc(-c2cccnc2)[nH]c(=O)c1CC(=O)NCC1NCCc2ccccc21. The van der Waals surface area contributed by atoms with Crippen LogP contribution in [0.2, 0.25) is 0 Å². The number of hydrogen-bond acceptors (Lipinski definition) is 5. The molecule has 0 fully saturated rings. The lowest BCUT2D eigenvalue weighted by molar-refractivity contribution is -0.120. The second kappa shape index (κ2) is 8.36. The molecule has 148 valence electrons. The molecule has 0 spiro atoms. The molecule has 0 aliphatic carbocycles. The number of benzene rings is 1. The number of rotatable bonds is 5. The minimum Gasteiger partial charge on any atom is -0.354 e. The van der Waals surface area contributed by atoms with Gasteiger partial charge in [0.1, 0.15) is 5.82 Å². The third kappa shape index (κ3) is 4.25. The van der Waals surface area contributed by atoms with Crippen molar-refractivity contribution in [1.29, 1.82) is 0 Å². The summed E-state index contributed by atoms with van der Waals surface area (Å²) in [6, 6.07) is 12.0. The van der Waals surface area contributed by atoms with Gasteiger partial charge in [0.2, 0.25) is 5.91 Å². The van der Waals surface area contributed by atoms with Crippen molar-refractivity contribution in [2.24, 2.45) is 0 Å². The van der Waals surface area contributed by atoms with E-state index in [4.69, 9.17) is 0 Å². The summed E-state index contributed by atoms with van der Waals surface area (Å²) in [5, 5.41) is 6.39. The zero-order chi connectivity index (χ0) is 20.2. The van der Waals surface area contributed by atoms with Gasteiger partial charge in [0.05, 0.1) is 6.42 Å². The zero-order valence-corrected chi connectivity index (χ0v) is 16.2. The third-order valence-electron chi connectivity index (χ3n) is 5.21. The fraction of sp³-hybridized carbons (Fsp3) is 0.273. The lowest BCUT2D eigenvalue weighted by Crippen LogP contribution is -2.39. The molecule has 3 heterocycles. The van der Waals surface area contributed by atoms with E-state index in [1.807, 2.05) is 18.2 Å². The van der Waals surface area contributed by atoms with Crippen LogP contribution in [0, 0.1) is 6.92 Å². The largest absolute Gasteiger partial charge is 0.354 e. The van der Waals surface area contributed by atoms with Crippen LogP contribution in [0.3, 0.4) is 0 Å². The van der Waals surface area contributed by atoms with Gasteiger partial charge < -0.3 is 15.6 Å². The molecule has 1 unspecified atom stereocenters. The summed E-state index contributed by atoms with van der Waals surface area (Å²) in [6.07, 6.45) is 4.28. The van der Waals surface area contributed by atoms with Gasteiger partial charge in [-0.1, -0.05) is 24.3 Å². The number of H-pyrrole nitrogens is 1. The van der Waals surface area contributed by atoms with Crippen LogP contribution in [-0.2, 0) is 17.6 Å². The van der Waals surface area contributed by atoms with Crippen molar-refractivity contribution in [3.8, 4) is 11.4 Å². The number of aromatic amines is 1. The van der Waals surface area contributed by atoms with Crippen molar-refractivity contribution in [3.05, 3.63) is 81.5 Å². The number of amides is 1. The average molecular weight is 389 g/mol. The number of fused-ring (bicyclic) bond motifs is 1. The van der Waals surface area contributed by atoms with Gasteiger partial charge in [0, 0.05) is 41.8 Å². The lowest BCUT2D eigenvalue weighted by Gasteiger charge is -2.27. The molecule has 0 saturated carbocycles. The van der Waals surface area contributed by atoms with Crippen molar-refractivity contribution in [2.75, 3.05) is 13.1 Å². The van der Waals surface area contributed by atoms with E-state index in [9.17, 15) is 9.59 Å². The van der Waals surface area contributed by atoms with E-state index >= 15 is 0 Å². The van der Waals surface area contributed by atoms with Crippen LogP contribution in [0.4, 0.5) is 0 Å². The summed E-state index contributed by atoms with van der Waals surface area (Å²) in [7, 11) is 0. The Bertz CT molecular complexity index is 1080. The van der Waals surface area contributed by atoms with Crippen LogP contribution in [0.1, 0.15) is 28.4 Å². The summed E-state index contributed by atoms with van der Waals surface area (Å²) >= 11 is 0. The van der Waals surface area contributed by atoms with Gasteiger partial charge in [-0.25, -0.2) is 4.98 Å². The molecule has 29 heavy (non-hydrogen) atoms. The Labute approximate surface area is 168 Å². The maximum Gasteiger partial charge on any atom is 0.255 e. The third-order valence-corrected chi connectivity index (χ3v) is 5.21. The molecule has 3 N–H and O–H groups in total. The highest BCUT2D eigenvalue weighted by molar-refractivity contribution is 5.78. The second-order valence-electron chi connectivity index (χ2n) is 7.16. The smallest absolute Gasteiger partial charge is 0.255 e. The van der Waals surface area contributed by atoms with E-state index in [0.717, 1.165) is 18.5 Å². The van der Waals surface area contributed by atoms with Crippen molar-refractivity contribution in [2.45, 2.75) is 25.8 Å². The molecule has 7 nitrogen and oxygen atoms in total. The van der Waals surface area contributed by atoms with Gasteiger partial charge in [-0.05, 0) is 43.1 Å². The fourth-order valence-electron chi connectivity index (χ4n) is 3.67. The van der Waals surface area contributed by atoms with Crippen molar-refractivity contribution >= 4 is 5.91 Å². The Kier molecular flexibility index (Phi) is 5.48. The number of nitrogens with one attached hydrogen (secondary N) is 3. The van der Waals surface area contributed by atoms with Gasteiger partial charge in [-0.3, -0.25) is 14.6 Å². The van der Waals surface area contributed by atoms with Crippen molar-refractivity contribution < 1.29 is 4.79 Å². The Hall–Kier alpha value is -3.32. The van der Waals surface area contributed by atoms with Gasteiger partial charge in [0.25, 0.3) is 5.56 Å². The molecule has 3 aromatic rings. The molecule has 0 bridgehead atoms. The lowest BCUT2D eigenvalue weighted by atomic mass is 9.94.